The minimum atomic E-state index is -0.530. The third-order valence-corrected chi connectivity index (χ3v) is 5.00. The average Bonchev–Trinajstić information content (AvgIpc) is 3.16. The van der Waals surface area contributed by atoms with Gasteiger partial charge in [-0.2, -0.15) is 0 Å². The molecule has 2 N–H and O–H groups in total. The van der Waals surface area contributed by atoms with Crippen LogP contribution in [0.1, 0.15) is 12.5 Å². The van der Waals surface area contributed by atoms with Crippen molar-refractivity contribution in [1.82, 2.24) is 4.98 Å². The van der Waals surface area contributed by atoms with E-state index >= 15 is 0 Å². The van der Waals surface area contributed by atoms with Gasteiger partial charge in [-0.1, -0.05) is 12.1 Å². The first-order chi connectivity index (χ1) is 14.0. The summed E-state index contributed by atoms with van der Waals surface area (Å²) in [4.78, 5) is 28.3. The highest BCUT2D eigenvalue weighted by Gasteiger charge is 2.23. The standard InChI is InChI=1S/C21H16FN3O3S/c1-12-20(27)23-16-10-14(5-8-18(16)28-12)17-11-29-21(24-17)25-19(26)9-4-13-2-6-15(22)7-3-13/h2-12H,1H3,(H,23,27)(H,24,25,26)/b9-4+/t12-/m1/s1. The fraction of sp³-hybridized carbons (Fsp3) is 0.0952. The van der Waals surface area contributed by atoms with E-state index in [0.717, 1.165) is 5.56 Å². The van der Waals surface area contributed by atoms with Crippen molar-refractivity contribution in [3.05, 3.63) is 65.3 Å². The maximum Gasteiger partial charge on any atom is 0.265 e. The first-order valence-corrected chi connectivity index (χ1v) is 9.68. The third kappa shape index (κ3) is 4.33. The molecular formula is C21H16FN3O3S. The second-order valence-corrected chi connectivity index (χ2v) is 7.23. The molecule has 1 aliphatic rings. The predicted octanol–water partition coefficient (Wildman–Crippen LogP) is 4.32. The van der Waals surface area contributed by atoms with Gasteiger partial charge in [0, 0.05) is 17.0 Å². The average molecular weight is 409 g/mol. The topological polar surface area (TPSA) is 80.3 Å². The summed E-state index contributed by atoms with van der Waals surface area (Å²) in [7, 11) is 0. The number of carbonyl (C=O) groups excluding carboxylic acids is 2. The number of hydrogen-bond acceptors (Lipinski definition) is 5. The zero-order valence-corrected chi connectivity index (χ0v) is 16.1. The molecule has 2 aromatic carbocycles. The Balaban J connectivity index is 1.44. The molecule has 0 saturated heterocycles. The van der Waals surface area contributed by atoms with Crippen LogP contribution in [0.25, 0.3) is 17.3 Å². The Labute approximate surface area is 170 Å². The van der Waals surface area contributed by atoms with E-state index in [-0.39, 0.29) is 17.6 Å². The number of fused-ring (bicyclic) bond motifs is 1. The number of nitrogens with zero attached hydrogens (tertiary/aromatic N) is 1. The second-order valence-electron chi connectivity index (χ2n) is 6.37. The van der Waals surface area contributed by atoms with Crippen LogP contribution in [0.4, 0.5) is 15.2 Å². The molecule has 0 fully saturated rings. The number of thiazole rings is 1. The molecule has 2 heterocycles. The van der Waals surface area contributed by atoms with E-state index in [4.69, 9.17) is 4.74 Å². The van der Waals surface area contributed by atoms with Crippen LogP contribution >= 0.6 is 11.3 Å². The number of halogens is 1. The Morgan fingerprint density at radius 1 is 1.28 bits per heavy atom. The van der Waals surface area contributed by atoms with Crippen molar-refractivity contribution >= 4 is 40.0 Å². The normalized spacial score (nSPS) is 15.5. The zero-order valence-electron chi connectivity index (χ0n) is 15.3. The lowest BCUT2D eigenvalue weighted by Gasteiger charge is -2.23. The first kappa shape index (κ1) is 18.8. The molecule has 29 heavy (non-hydrogen) atoms. The number of carbonyl (C=O) groups is 2. The molecule has 146 valence electrons. The first-order valence-electron chi connectivity index (χ1n) is 8.80. The summed E-state index contributed by atoms with van der Waals surface area (Å²) in [5, 5.41) is 7.77. The number of anilines is 2. The van der Waals surface area contributed by atoms with Gasteiger partial charge in [0.25, 0.3) is 5.91 Å². The maximum atomic E-state index is 12.9. The molecule has 8 heteroatoms. The smallest absolute Gasteiger partial charge is 0.265 e. The minimum Gasteiger partial charge on any atom is -0.479 e. The van der Waals surface area contributed by atoms with Crippen molar-refractivity contribution < 1.29 is 18.7 Å². The lowest BCUT2D eigenvalue weighted by Crippen LogP contribution is -2.34. The monoisotopic (exact) mass is 409 g/mol. The Kier molecular flexibility index (Phi) is 5.09. The van der Waals surface area contributed by atoms with Gasteiger partial charge in [0.05, 0.1) is 11.4 Å². The summed E-state index contributed by atoms with van der Waals surface area (Å²) in [6.07, 6.45) is 2.43. The number of nitrogens with one attached hydrogen (secondary N) is 2. The second kappa shape index (κ2) is 7.84. The van der Waals surface area contributed by atoms with Gasteiger partial charge in [-0.25, -0.2) is 9.37 Å². The molecule has 0 unspecified atom stereocenters. The van der Waals surface area contributed by atoms with Gasteiger partial charge in [0.2, 0.25) is 5.91 Å². The van der Waals surface area contributed by atoms with E-state index in [9.17, 15) is 14.0 Å². The van der Waals surface area contributed by atoms with Crippen LogP contribution in [-0.4, -0.2) is 22.9 Å². The minimum absolute atomic E-state index is 0.200. The summed E-state index contributed by atoms with van der Waals surface area (Å²) >= 11 is 1.29. The fourth-order valence-electron chi connectivity index (χ4n) is 2.72. The van der Waals surface area contributed by atoms with Crippen molar-refractivity contribution in [3.8, 4) is 17.0 Å². The van der Waals surface area contributed by atoms with Gasteiger partial charge in [0.15, 0.2) is 11.2 Å². The van der Waals surface area contributed by atoms with Gasteiger partial charge in [-0.3, -0.25) is 14.9 Å². The quantitative estimate of drug-likeness (QED) is 0.629. The summed E-state index contributed by atoms with van der Waals surface area (Å²) < 4.78 is 18.5. The maximum absolute atomic E-state index is 12.9. The zero-order chi connectivity index (χ0) is 20.4. The molecule has 1 atom stereocenters. The highest BCUT2D eigenvalue weighted by atomic mass is 32.1. The van der Waals surface area contributed by atoms with Crippen molar-refractivity contribution in [2.75, 3.05) is 10.6 Å². The van der Waals surface area contributed by atoms with Crippen molar-refractivity contribution in [1.29, 1.82) is 0 Å². The molecule has 3 aromatic rings. The number of hydrogen-bond donors (Lipinski definition) is 2. The third-order valence-electron chi connectivity index (χ3n) is 4.24. The van der Waals surface area contributed by atoms with Crippen molar-refractivity contribution in [2.45, 2.75) is 13.0 Å². The molecule has 1 aromatic heterocycles. The Morgan fingerprint density at radius 2 is 2.07 bits per heavy atom. The lowest BCUT2D eigenvalue weighted by atomic mass is 10.1. The molecule has 6 nitrogen and oxygen atoms in total. The highest BCUT2D eigenvalue weighted by molar-refractivity contribution is 7.14. The summed E-state index contributed by atoms with van der Waals surface area (Å²) in [5.74, 6) is -0.260. The molecule has 0 radical (unpaired) electrons. The van der Waals surface area contributed by atoms with Gasteiger partial charge in [-0.15, -0.1) is 11.3 Å². The largest absolute Gasteiger partial charge is 0.479 e. The molecule has 2 amide bonds. The number of amides is 2. The van der Waals surface area contributed by atoms with Crippen molar-refractivity contribution in [3.63, 3.8) is 0 Å². The number of benzene rings is 2. The van der Waals surface area contributed by atoms with Gasteiger partial charge in [0.1, 0.15) is 11.6 Å². The van der Waals surface area contributed by atoms with E-state index in [2.05, 4.69) is 15.6 Å². The van der Waals surface area contributed by atoms with Gasteiger partial charge in [-0.05, 0) is 48.9 Å². The lowest BCUT2D eigenvalue weighted by molar-refractivity contribution is -0.122. The molecular weight excluding hydrogens is 393 g/mol. The molecule has 0 spiro atoms. The SMILES string of the molecule is C[C@H]1Oc2ccc(-c3csc(NC(=O)/C=C/c4ccc(F)cc4)n3)cc2NC1=O. The highest BCUT2D eigenvalue weighted by Crippen LogP contribution is 2.34. The van der Waals surface area contributed by atoms with Crippen LogP contribution in [0, 0.1) is 5.82 Å². The number of rotatable bonds is 4. The molecule has 0 saturated carbocycles. The molecule has 1 aliphatic heterocycles. The van der Waals surface area contributed by atoms with Gasteiger partial charge >= 0.3 is 0 Å². The number of ether oxygens (including phenoxy) is 1. The van der Waals surface area contributed by atoms with Crippen LogP contribution in [0.15, 0.2) is 53.9 Å². The summed E-state index contributed by atoms with van der Waals surface area (Å²) in [6.45, 7) is 1.69. The Bertz CT molecular complexity index is 1110. The molecule has 0 aliphatic carbocycles. The summed E-state index contributed by atoms with van der Waals surface area (Å²) in [6, 6.07) is 11.2. The van der Waals surface area contributed by atoms with Crippen LogP contribution in [0.2, 0.25) is 0 Å². The van der Waals surface area contributed by atoms with E-state index in [1.807, 2.05) is 11.4 Å². The summed E-state index contributed by atoms with van der Waals surface area (Å²) in [5.41, 5.74) is 2.77. The van der Waals surface area contributed by atoms with Crippen molar-refractivity contribution in [2.24, 2.45) is 0 Å². The van der Waals surface area contributed by atoms with Gasteiger partial charge < -0.3 is 10.1 Å². The van der Waals surface area contributed by atoms with E-state index in [1.165, 1.54) is 29.5 Å². The van der Waals surface area contributed by atoms with Crippen LogP contribution in [-0.2, 0) is 9.59 Å². The van der Waals surface area contributed by atoms with E-state index in [1.54, 1.807) is 37.3 Å². The predicted molar refractivity (Wildman–Crippen MR) is 110 cm³/mol. The van der Waals surface area contributed by atoms with Crippen LogP contribution in [0.3, 0.4) is 0 Å². The van der Waals surface area contributed by atoms with Crippen LogP contribution < -0.4 is 15.4 Å². The van der Waals surface area contributed by atoms with E-state index < -0.39 is 6.10 Å². The fourth-order valence-corrected chi connectivity index (χ4v) is 3.45. The Hall–Kier alpha value is -3.52. The number of aromatic nitrogens is 1. The molecule has 0 bridgehead atoms. The van der Waals surface area contributed by atoms with E-state index in [0.29, 0.717) is 27.8 Å². The Morgan fingerprint density at radius 3 is 2.86 bits per heavy atom. The molecule has 4 rings (SSSR count). The van der Waals surface area contributed by atoms with Crippen LogP contribution in [0.5, 0.6) is 5.75 Å².